The molecule has 0 N–H and O–H groups in total. The van der Waals surface area contributed by atoms with Gasteiger partial charge in [0.1, 0.15) is 11.8 Å². The smallest absolute Gasteiger partial charge is 0.257 e. The van der Waals surface area contributed by atoms with E-state index in [0.29, 0.717) is 23.4 Å². The average molecular weight is 380 g/mol. The van der Waals surface area contributed by atoms with Gasteiger partial charge >= 0.3 is 0 Å². The molecule has 6 nitrogen and oxygen atoms in total. The molecule has 0 radical (unpaired) electrons. The molecule has 2 aromatic rings. The Morgan fingerprint density at radius 2 is 1.89 bits per heavy atom. The summed E-state index contributed by atoms with van der Waals surface area (Å²) in [6.45, 7) is 3.84. The van der Waals surface area contributed by atoms with Gasteiger partial charge in [-0.1, -0.05) is 31.2 Å². The number of carbonyl (C=O) groups excluding carboxylic acids is 3. The third-order valence-electron chi connectivity index (χ3n) is 5.09. The number of para-hydroxylation sites is 1. The van der Waals surface area contributed by atoms with Gasteiger partial charge in [0.05, 0.1) is 19.2 Å². The fourth-order valence-electron chi connectivity index (χ4n) is 3.43. The molecule has 1 fully saturated rings. The number of imide groups is 1. The van der Waals surface area contributed by atoms with Gasteiger partial charge in [-0.2, -0.15) is 0 Å². The zero-order valence-electron chi connectivity index (χ0n) is 16.3. The van der Waals surface area contributed by atoms with Crippen LogP contribution in [0.4, 0.5) is 5.69 Å². The fourth-order valence-corrected chi connectivity index (χ4v) is 3.43. The SMILES string of the molecule is CCC(C)N(C(=O)c1cccc(OC)c1)C1CC(=O)N(c2ccccc2)C1=O. The molecule has 6 heteroatoms. The summed E-state index contributed by atoms with van der Waals surface area (Å²) < 4.78 is 5.21. The molecule has 1 aliphatic heterocycles. The Balaban J connectivity index is 1.95. The van der Waals surface area contributed by atoms with Crippen LogP contribution in [0.1, 0.15) is 37.0 Å². The summed E-state index contributed by atoms with van der Waals surface area (Å²) >= 11 is 0. The van der Waals surface area contributed by atoms with Crippen LogP contribution in [0.5, 0.6) is 5.75 Å². The number of ether oxygens (including phenoxy) is 1. The van der Waals surface area contributed by atoms with Crippen molar-refractivity contribution in [2.24, 2.45) is 0 Å². The Hall–Kier alpha value is -3.15. The molecule has 2 unspecified atom stereocenters. The highest BCUT2D eigenvalue weighted by molar-refractivity contribution is 6.23. The number of amides is 3. The summed E-state index contributed by atoms with van der Waals surface area (Å²) in [6, 6.07) is 14.6. The second kappa shape index (κ2) is 8.25. The average Bonchev–Trinajstić information content (AvgIpc) is 3.02. The van der Waals surface area contributed by atoms with Gasteiger partial charge in [0.25, 0.3) is 11.8 Å². The number of rotatable bonds is 6. The number of anilines is 1. The largest absolute Gasteiger partial charge is 0.497 e. The van der Waals surface area contributed by atoms with E-state index in [1.165, 1.54) is 16.9 Å². The van der Waals surface area contributed by atoms with Gasteiger partial charge in [-0.25, -0.2) is 4.90 Å². The maximum absolute atomic E-state index is 13.3. The van der Waals surface area contributed by atoms with E-state index >= 15 is 0 Å². The van der Waals surface area contributed by atoms with E-state index in [0.717, 1.165) is 0 Å². The van der Waals surface area contributed by atoms with Crippen molar-refractivity contribution in [2.75, 3.05) is 12.0 Å². The van der Waals surface area contributed by atoms with E-state index in [1.54, 1.807) is 48.5 Å². The first-order chi connectivity index (χ1) is 13.5. The second-order valence-corrected chi connectivity index (χ2v) is 6.82. The Bertz CT molecular complexity index is 881. The van der Waals surface area contributed by atoms with Crippen molar-refractivity contribution in [3.05, 3.63) is 60.2 Å². The van der Waals surface area contributed by atoms with Crippen LogP contribution in [0.2, 0.25) is 0 Å². The number of nitrogens with zero attached hydrogens (tertiary/aromatic N) is 2. The topological polar surface area (TPSA) is 66.9 Å². The first-order valence-electron chi connectivity index (χ1n) is 9.36. The fraction of sp³-hybridized carbons (Fsp3) is 0.318. The van der Waals surface area contributed by atoms with Crippen LogP contribution < -0.4 is 9.64 Å². The highest BCUT2D eigenvalue weighted by Crippen LogP contribution is 2.28. The maximum Gasteiger partial charge on any atom is 0.257 e. The quantitative estimate of drug-likeness (QED) is 0.722. The van der Waals surface area contributed by atoms with Crippen LogP contribution >= 0.6 is 0 Å². The molecule has 1 heterocycles. The summed E-state index contributed by atoms with van der Waals surface area (Å²) in [4.78, 5) is 41.7. The summed E-state index contributed by atoms with van der Waals surface area (Å²) in [6.07, 6.45) is 0.646. The molecular formula is C22H24N2O4. The van der Waals surface area contributed by atoms with Gasteiger partial charge < -0.3 is 9.64 Å². The molecule has 1 aliphatic rings. The lowest BCUT2D eigenvalue weighted by Crippen LogP contribution is -2.49. The van der Waals surface area contributed by atoms with E-state index in [9.17, 15) is 14.4 Å². The van der Waals surface area contributed by atoms with Crippen molar-refractivity contribution in [3.63, 3.8) is 0 Å². The van der Waals surface area contributed by atoms with Crippen LogP contribution in [-0.2, 0) is 9.59 Å². The maximum atomic E-state index is 13.3. The first kappa shape index (κ1) is 19.6. The summed E-state index contributed by atoms with van der Waals surface area (Å²) in [5.41, 5.74) is 0.955. The van der Waals surface area contributed by atoms with Gasteiger partial charge in [-0.3, -0.25) is 14.4 Å². The molecule has 146 valence electrons. The minimum Gasteiger partial charge on any atom is -0.497 e. The molecule has 28 heavy (non-hydrogen) atoms. The van der Waals surface area contributed by atoms with Crippen molar-refractivity contribution < 1.29 is 19.1 Å². The van der Waals surface area contributed by atoms with Gasteiger partial charge in [0.2, 0.25) is 5.91 Å². The number of carbonyl (C=O) groups is 3. The molecular weight excluding hydrogens is 356 g/mol. The van der Waals surface area contributed by atoms with Crippen LogP contribution in [0, 0.1) is 0 Å². The predicted octanol–water partition coefficient (Wildman–Crippen LogP) is 3.27. The summed E-state index contributed by atoms with van der Waals surface area (Å²) in [5.74, 6) is -0.385. The molecule has 3 amide bonds. The van der Waals surface area contributed by atoms with Crippen LogP contribution in [0.25, 0.3) is 0 Å². The Kier molecular flexibility index (Phi) is 5.78. The normalized spacial score (nSPS) is 17.5. The van der Waals surface area contributed by atoms with Gasteiger partial charge in [-0.05, 0) is 43.7 Å². The lowest BCUT2D eigenvalue weighted by Gasteiger charge is -2.33. The Morgan fingerprint density at radius 3 is 2.54 bits per heavy atom. The second-order valence-electron chi connectivity index (χ2n) is 6.82. The van der Waals surface area contributed by atoms with E-state index in [2.05, 4.69) is 0 Å². The standard InChI is InChI=1S/C22H24N2O4/c1-4-15(2)23(21(26)16-9-8-12-18(13-16)28-3)19-14-20(25)24(22(19)27)17-10-6-5-7-11-17/h5-13,15,19H,4,14H2,1-3H3. The number of benzene rings is 2. The first-order valence-corrected chi connectivity index (χ1v) is 9.36. The molecule has 3 rings (SSSR count). The van der Waals surface area contributed by atoms with E-state index in [-0.39, 0.29) is 30.2 Å². The Morgan fingerprint density at radius 1 is 1.18 bits per heavy atom. The molecule has 0 aliphatic carbocycles. The van der Waals surface area contributed by atoms with Crippen molar-refractivity contribution in [2.45, 2.75) is 38.8 Å². The number of hydrogen-bond donors (Lipinski definition) is 0. The van der Waals surface area contributed by atoms with E-state index in [1.807, 2.05) is 19.9 Å². The molecule has 0 saturated carbocycles. The van der Waals surface area contributed by atoms with Crippen molar-refractivity contribution in [1.82, 2.24) is 4.90 Å². The summed E-state index contributed by atoms with van der Waals surface area (Å²) in [5, 5.41) is 0. The van der Waals surface area contributed by atoms with E-state index in [4.69, 9.17) is 4.74 Å². The van der Waals surface area contributed by atoms with Gasteiger partial charge in [0.15, 0.2) is 0 Å². The highest BCUT2D eigenvalue weighted by Gasteiger charge is 2.45. The molecule has 1 saturated heterocycles. The lowest BCUT2D eigenvalue weighted by atomic mass is 10.1. The van der Waals surface area contributed by atoms with Crippen LogP contribution in [0.3, 0.4) is 0 Å². The van der Waals surface area contributed by atoms with Gasteiger partial charge in [-0.15, -0.1) is 0 Å². The molecule has 0 bridgehead atoms. The number of methoxy groups -OCH3 is 1. The summed E-state index contributed by atoms with van der Waals surface area (Å²) in [7, 11) is 1.53. The van der Waals surface area contributed by atoms with Crippen molar-refractivity contribution in [1.29, 1.82) is 0 Å². The molecule has 2 aromatic carbocycles. The third kappa shape index (κ3) is 3.63. The minimum atomic E-state index is -0.818. The van der Waals surface area contributed by atoms with Gasteiger partial charge in [0, 0.05) is 11.6 Å². The predicted molar refractivity (Wildman–Crippen MR) is 106 cm³/mol. The molecule has 0 spiro atoms. The molecule has 0 aromatic heterocycles. The minimum absolute atomic E-state index is 0.0201. The highest BCUT2D eigenvalue weighted by atomic mass is 16.5. The van der Waals surface area contributed by atoms with Crippen molar-refractivity contribution in [3.8, 4) is 5.75 Å². The zero-order valence-corrected chi connectivity index (χ0v) is 16.3. The van der Waals surface area contributed by atoms with Crippen LogP contribution in [0.15, 0.2) is 54.6 Å². The Labute approximate surface area is 164 Å². The lowest BCUT2D eigenvalue weighted by molar-refractivity contribution is -0.122. The van der Waals surface area contributed by atoms with E-state index < -0.39 is 6.04 Å². The third-order valence-corrected chi connectivity index (χ3v) is 5.09. The molecule has 2 atom stereocenters. The monoisotopic (exact) mass is 380 g/mol. The van der Waals surface area contributed by atoms with Crippen LogP contribution in [-0.4, -0.2) is 41.8 Å². The van der Waals surface area contributed by atoms with Crippen molar-refractivity contribution >= 4 is 23.4 Å². The zero-order chi connectivity index (χ0) is 20.3. The number of hydrogen-bond acceptors (Lipinski definition) is 4.